The predicted octanol–water partition coefficient (Wildman–Crippen LogP) is 0.0338. The second-order valence-electron chi connectivity index (χ2n) is 4.69. The summed E-state index contributed by atoms with van der Waals surface area (Å²) in [6.07, 6.45) is 2.09. The van der Waals surface area contributed by atoms with Crippen LogP contribution < -0.4 is 16.8 Å². The minimum absolute atomic E-state index is 0.182. The van der Waals surface area contributed by atoms with Crippen molar-refractivity contribution in [1.82, 2.24) is 5.32 Å². The maximum atomic E-state index is 11.7. The average molecular weight is 279 g/mol. The first-order valence-electron chi connectivity index (χ1n) is 6.58. The quantitative estimate of drug-likeness (QED) is 0.502. The summed E-state index contributed by atoms with van der Waals surface area (Å²) in [5.41, 5.74) is 11.7. The zero-order valence-corrected chi connectivity index (χ0v) is 11.3. The van der Waals surface area contributed by atoms with Crippen LogP contribution in [0.2, 0.25) is 0 Å². The van der Waals surface area contributed by atoms with Crippen LogP contribution in [-0.2, 0) is 16.0 Å². The van der Waals surface area contributed by atoms with Crippen molar-refractivity contribution in [3.8, 4) is 5.75 Å². The molecule has 0 aromatic heterocycles. The van der Waals surface area contributed by atoms with Gasteiger partial charge in [-0.3, -0.25) is 9.59 Å². The second kappa shape index (κ2) is 8.16. The minimum atomic E-state index is -0.629. The van der Waals surface area contributed by atoms with E-state index in [2.05, 4.69) is 5.32 Å². The molecule has 1 rings (SSSR count). The number of aromatic hydroxyl groups is 1. The van der Waals surface area contributed by atoms with Gasteiger partial charge in [0.25, 0.3) is 0 Å². The van der Waals surface area contributed by atoms with Crippen LogP contribution in [0, 0.1) is 0 Å². The smallest absolute Gasteiger partial charge is 0.237 e. The molecule has 0 spiro atoms. The van der Waals surface area contributed by atoms with E-state index >= 15 is 0 Å². The molecule has 1 unspecified atom stereocenters. The predicted molar refractivity (Wildman–Crippen MR) is 75.8 cm³/mol. The van der Waals surface area contributed by atoms with Crippen molar-refractivity contribution in [2.75, 3.05) is 6.54 Å². The summed E-state index contributed by atoms with van der Waals surface area (Å²) in [6.45, 7) is 0.482. The average Bonchev–Trinajstić information content (AvgIpc) is 2.40. The van der Waals surface area contributed by atoms with Gasteiger partial charge >= 0.3 is 0 Å². The number of hydrogen-bond donors (Lipinski definition) is 4. The topological polar surface area (TPSA) is 118 Å². The van der Waals surface area contributed by atoms with E-state index in [0.717, 1.165) is 5.56 Å². The molecule has 0 aliphatic rings. The van der Waals surface area contributed by atoms with Gasteiger partial charge in [-0.25, -0.2) is 0 Å². The molecule has 0 aliphatic heterocycles. The molecule has 20 heavy (non-hydrogen) atoms. The Morgan fingerprint density at radius 2 is 1.85 bits per heavy atom. The van der Waals surface area contributed by atoms with Gasteiger partial charge in [0.2, 0.25) is 11.8 Å². The van der Waals surface area contributed by atoms with Gasteiger partial charge in [0, 0.05) is 13.0 Å². The number of rotatable bonds is 8. The van der Waals surface area contributed by atoms with Crippen LogP contribution in [0.5, 0.6) is 5.75 Å². The molecular weight excluding hydrogens is 258 g/mol. The lowest BCUT2D eigenvalue weighted by molar-refractivity contribution is -0.122. The SMILES string of the molecule is NC(=O)CCCCNC(=O)C(N)Cc1ccc(O)cc1. The van der Waals surface area contributed by atoms with Gasteiger partial charge in [0.15, 0.2) is 0 Å². The van der Waals surface area contributed by atoms with Crippen LogP contribution >= 0.6 is 0 Å². The zero-order valence-electron chi connectivity index (χ0n) is 11.3. The van der Waals surface area contributed by atoms with Gasteiger partial charge in [-0.2, -0.15) is 0 Å². The lowest BCUT2D eigenvalue weighted by atomic mass is 10.1. The molecule has 0 heterocycles. The molecule has 110 valence electrons. The summed E-state index contributed by atoms with van der Waals surface area (Å²) in [4.78, 5) is 22.3. The van der Waals surface area contributed by atoms with Gasteiger partial charge in [0.1, 0.15) is 5.75 Å². The highest BCUT2D eigenvalue weighted by molar-refractivity contribution is 5.81. The van der Waals surface area contributed by atoms with E-state index in [1.54, 1.807) is 24.3 Å². The van der Waals surface area contributed by atoms with E-state index in [-0.39, 0.29) is 17.6 Å². The van der Waals surface area contributed by atoms with Crippen molar-refractivity contribution < 1.29 is 14.7 Å². The van der Waals surface area contributed by atoms with Crippen LogP contribution in [0.15, 0.2) is 24.3 Å². The van der Waals surface area contributed by atoms with Gasteiger partial charge in [0.05, 0.1) is 6.04 Å². The van der Waals surface area contributed by atoms with Gasteiger partial charge in [-0.05, 0) is 37.0 Å². The highest BCUT2D eigenvalue weighted by atomic mass is 16.3. The normalized spacial score (nSPS) is 11.8. The molecular formula is C14H21N3O3. The Labute approximate surface area is 118 Å². The number of carbonyl (C=O) groups is 2. The summed E-state index contributed by atoms with van der Waals surface area (Å²) in [6, 6.07) is 5.95. The summed E-state index contributed by atoms with van der Waals surface area (Å²) in [5.74, 6) is -0.376. The van der Waals surface area contributed by atoms with Crippen LogP contribution in [0.4, 0.5) is 0 Å². The summed E-state index contributed by atoms with van der Waals surface area (Å²) in [7, 11) is 0. The molecule has 1 aromatic rings. The Kier molecular flexibility index (Phi) is 6.52. The minimum Gasteiger partial charge on any atom is -0.508 e. The lowest BCUT2D eigenvalue weighted by Gasteiger charge is -2.12. The molecule has 1 aromatic carbocycles. The van der Waals surface area contributed by atoms with Crippen LogP contribution in [0.25, 0.3) is 0 Å². The molecule has 0 radical (unpaired) electrons. The molecule has 6 N–H and O–H groups in total. The Morgan fingerprint density at radius 1 is 1.20 bits per heavy atom. The standard InChI is InChI=1S/C14H21N3O3/c15-12(9-10-4-6-11(18)7-5-10)14(20)17-8-2-1-3-13(16)19/h4-7,12,18H,1-3,8-9,15H2,(H2,16,19)(H,17,20). The van der Waals surface area contributed by atoms with E-state index in [1.165, 1.54) is 0 Å². The second-order valence-corrected chi connectivity index (χ2v) is 4.69. The number of carbonyl (C=O) groups excluding carboxylic acids is 2. The van der Waals surface area contributed by atoms with Gasteiger partial charge in [-0.15, -0.1) is 0 Å². The molecule has 0 saturated carbocycles. The maximum Gasteiger partial charge on any atom is 0.237 e. The maximum absolute atomic E-state index is 11.7. The number of benzene rings is 1. The fourth-order valence-corrected chi connectivity index (χ4v) is 1.75. The first-order valence-corrected chi connectivity index (χ1v) is 6.58. The highest BCUT2D eigenvalue weighted by Gasteiger charge is 2.13. The van der Waals surface area contributed by atoms with Crippen LogP contribution in [-0.4, -0.2) is 29.5 Å². The molecule has 6 heteroatoms. The molecule has 0 fully saturated rings. The molecule has 1 atom stereocenters. The first-order chi connectivity index (χ1) is 9.49. The summed E-state index contributed by atoms with van der Waals surface area (Å²) in [5, 5.41) is 11.9. The fourth-order valence-electron chi connectivity index (χ4n) is 1.75. The summed E-state index contributed by atoms with van der Waals surface area (Å²) < 4.78 is 0. The van der Waals surface area contributed by atoms with Gasteiger partial charge < -0.3 is 21.9 Å². The first kappa shape index (κ1) is 16.0. The Balaban J connectivity index is 2.25. The number of hydrogen-bond acceptors (Lipinski definition) is 4. The number of phenols is 1. The van der Waals surface area contributed by atoms with E-state index in [4.69, 9.17) is 16.6 Å². The number of primary amides is 1. The largest absolute Gasteiger partial charge is 0.508 e. The number of amides is 2. The van der Waals surface area contributed by atoms with Crippen molar-refractivity contribution in [2.45, 2.75) is 31.7 Å². The van der Waals surface area contributed by atoms with Crippen LogP contribution in [0.1, 0.15) is 24.8 Å². The summed E-state index contributed by atoms with van der Waals surface area (Å²) >= 11 is 0. The van der Waals surface area contributed by atoms with Crippen molar-refractivity contribution in [3.05, 3.63) is 29.8 Å². The molecule has 2 amide bonds. The number of nitrogens with two attached hydrogens (primary N) is 2. The Hall–Kier alpha value is -2.08. The van der Waals surface area contributed by atoms with Crippen molar-refractivity contribution >= 4 is 11.8 Å². The Morgan fingerprint density at radius 3 is 2.45 bits per heavy atom. The van der Waals surface area contributed by atoms with Crippen LogP contribution in [0.3, 0.4) is 0 Å². The van der Waals surface area contributed by atoms with Crippen molar-refractivity contribution in [2.24, 2.45) is 11.5 Å². The third kappa shape index (κ3) is 6.19. The molecule has 0 bridgehead atoms. The molecule has 0 saturated heterocycles. The Bertz CT molecular complexity index is 445. The monoisotopic (exact) mass is 279 g/mol. The fraction of sp³-hybridized carbons (Fsp3) is 0.429. The highest BCUT2D eigenvalue weighted by Crippen LogP contribution is 2.10. The molecule has 0 aliphatic carbocycles. The van der Waals surface area contributed by atoms with Crippen molar-refractivity contribution in [3.63, 3.8) is 0 Å². The number of unbranched alkanes of at least 4 members (excludes halogenated alkanes) is 1. The number of phenolic OH excluding ortho intramolecular Hbond substituents is 1. The third-order valence-electron chi connectivity index (χ3n) is 2.88. The molecule has 6 nitrogen and oxygen atoms in total. The van der Waals surface area contributed by atoms with E-state index in [9.17, 15) is 9.59 Å². The van der Waals surface area contributed by atoms with Gasteiger partial charge in [-0.1, -0.05) is 12.1 Å². The van der Waals surface area contributed by atoms with E-state index in [1.807, 2.05) is 0 Å². The number of nitrogens with one attached hydrogen (secondary N) is 1. The van der Waals surface area contributed by atoms with E-state index in [0.29, 0.717) is 32.2 Å². The zero-order chi connectivity index (χ0) is 15.0. The van der Waals surface area contributed by atoms with E-state index < -0.39 is 6.04 Å². The van der Waals surface area contributed by atoms with Crippen molar-refractivity contribution in [1.29, 1.82) is 0 Å². The third-order valence-corrected chi connectivity index (χ3v) is 2.88. The lowest BCUT2D eigenvalue weighted by Crippen LogP contribution is -2.42.